The number of nitrogens with one attached hydrogen (secondary N) is 1. The van der Waals surface area contributed by atoms with Gasteiger partial charge in [-0.2, -0.15) is 0 Å². The van der Waals surface area contributed by atoms with Crippen LogP contribution in [0.15, 0.2) is 24.4 Å². The average Bonchev–Trinajstić information content (AvgIpc) is 2.81. The minimum absolute atomic E-state index is 0.180. The highest BCUT2D eigenvalue weighted by Crippen LogP contribution is 2.22. The van der Waals surface area contributed by atoms with E-state index in [4.69, 9.17) is 0 Å². The largest absolute Gasteiger partial charge is 0.312 e. The first-order valence-corrected chi connectivity index (χ1v) is 6.17. The van der Waals surface area contributed by atoms with Crippen molar-refractivity contribution in [3.05, 3.63) is 46.2 Å². The molecule has 2 rings (SSSR count). The molecule has 0 fully saturated rings. The number of halogens is 1. The van der Waals surface area contributed by atoms with Gasteiger partial charge in [0.25, 0.3) is 0 Å². The fourth-order valence-electron chi connectivity index (χ4n) is 1.78. The Bertz CT molecular complexity index is 485. The molecule has 90 valence electrons. The van der Waals surface area contributed by atoms with Crippen LogP contribution in [-0.4, -0.2) is 16.6 Å². The van der Waals surface area contributed by atoms with E-state index in [-0.39, 0.29) is 11.9 Å². The van der Waals surface area contributed by atoms with Crippen molar-refractivity contribution in [2.24, 2.45) is 0 Å². The Balaban J connectivity index is 2.19. The predicted octanol–water partition coefficient (Wildman–Crippen LogP) is 2.49. The van der Waals surface area contributed by atoms with Gasteiger partial charge in [-0.05, 0) is 55.2 Å². The zero-order valence-electron chi connectivity index (χ0n) is 9.77. The van der Waals surface area contributed by atoms with Crippen LogP contribution in [0.1, 0.15) is 22.0 Å². The fourth-order valence-corrected chi connectivity index (χ4v) is 2.39. The summed E-state index contributed by atoms with van der Waals surface area (Å²) in [5.41, 5.74) is 2.11. The van der Waals surface area contributed by atoms with E-state index in [1.54, 1.807) is 12.3 Å². The van der Waals surface area contributed by atoms with Crippen LogP contribution in [-0.2, 0) is 6.42 Å². The summed E-state index contributed by atoms with van der Waals surface area (Å²) < 4.78 is 16.9. The lowest BCUT2D eigenvalue weighted by atomic mass is 10.0. The van der Waals surface area contributed by atoms with Gasteiger partial charge in [-0.25, -0.2) is 4.39 Å². The highest BCUT2D eigenvalue weighted by molar-refractivity contribution is 7.05. The lowest BCUT2D eigenvalue weighted by molar-refractivity contribution is 0.594. The van der Waals surface area contributed by atoms with E-state index in [2.05, 4.69) is 14.9 Å². The Morgan fingerprint density at radius 1 is 1.47 bits per heavy atom. The van der Waals surface area contributed by atoms with E-state index in [1.807, 2.05) is 20.0 Å². The quantitative estimate of drug-likeness (QED) is 0.907. The number of nitrogens with zero attached hydrogens (tertiary/aromatic N) is 2. The summed E-state index contributed by atoms with van der Waals surface area (Å²) in [7, 11) is 1.91. The van der Waals surface area contributed by atoms with E-state index in [9.17, 15) is 4.39 Å². The van der Waals surface area contributed by atoms with Crippen molar-refractivity contribution in [2.75, 3.05) is 7.05 Å². The highest BCUT2D eigenvalue weighted by Gasteiger charge is 2.13. The molecule has 0 spiro atoms. The zero-order chi connectivity index (χ0) is 12.3. The van der Waals surface area contributed by atoms with E-state index in [0.717, 1.165) is 22.4 Å². The maximum atomic E-state index is 13.0. The van der Waals surface area contributed by atoms with Crippen LogP contribution >= 0.6 is 11.5 Å². The standard InChI is InChI=1S/C12H14FN3S/c1-8-5-10(13)4-3-9(8)6-11(14-2)12-7-15-16-17-12/h3-5,7,11,14H,6H2,1-2H3. The Morgan fingerprint density at radius 3 is 2.88 bits per heavy atom. The summed E-state index contributed by atoms with van der Waals surface area (Å²) in [5, 5.41) is 7.07. The fraction of sp³-hybridized carbons (Fsp3) is 0.333. The summed E-state index contributed by atoms with van der Waals surface area (Å²) in [6.45, 7) is 1.93. The highest BCUT2D eigenvalue weighted by atomic mass is 32.1. The molecular weight excluding hydrogens is 237 g/mol. The van der Waals surface area contributed by atoms with Crippen LogP contribution in [0, 0.1) is 12.7 Å². The molecule has 1 unspecified atom stereocenters. The molecule has 0 radical (unpaired) electrons. The second-order valence-electron chi connectivity index (χ2n) is 3.94. The average molecular weight is 251 g/mol. The van der Waals surface area contributed by atoms with Crippen LogP contribution in [0.3, 0.4) is 0 Å². The maximum absolute atomic E-state index is 13.0. The molecule has 1 aromatic heterocycles. The van der Waals surface area contributed by atoms with Gasteiger partial charge in [0, 0.05) is 6.04 Å². The third-order valence-electron chi connectivity index (χ3n) is 2.80. The van der Waals surface area contributed by atoms with Crippen LogP contribution in [0.4, 0.5) is 4.39 Å². The number of hydrogen-bond donors (Lipinski definition) is 1. The third kappa shape index (κ3) is 2.87. The molecule has 0 amide bonds. The van der Waals surface area contributed by atoms with Gasteiger partial charge in [-0.3, -0.25) is 0 Å². The van der Waals surface area contributed by atoms with Gasteiger partial charge < -0.3 is 5.32 Å². The van der Waals surface area contributed by atoms with E-state index >= 15 is 0 Å². The van der Waals surface area contributed by atoms with Gasteiger partial charge in [0.2, 0.25) is 0 Å². The molecule has 0 saturated carbocycles. The van der Waals surface area contributed by atoms with Crippen molar-refractivity contribution in [1.29, 1.82) is 0 Å². The van der Waals surface area contributed by atoms with E-state index in [1.165, 1.54) is 17.6 Å². The molecule has 1 N–H and O–H groups in total. The number of benzene rings is 1. The summed E-state index contributed by atoms with van der Waals surface area (Å²) in [6.07, 6.45) is 2.58. The Kier molecular flexibility index (Phi) is 3.81. The third-order valence-corrected chi connectivity index (χ3v) is 3.58. The van der Waals surface area contributed by atoms with Gasteiger partial charge in [0.1, 0.15) is 5.82 Å². The first-order chi connectivity index (χ1) is 8.20. The number of rotatable bonds is 4. The number of hydrogen-bond acceptors (Lipinski definition) is 4. The molecule has 5 heteroatoms. The topological polar surface area (TPSA) is 37.8 Å². The number of likely N-dealkylation sites (N-methyl/N-ethyl adjacent to an activating group) is 1. The molecule has 0 bridgehead atoms. The summed E-state index contributed by atoms with van der Waals surface area (Å²) in [4.78, 5) is 1.09. The van der Waals surface area contributed by atoms with Crippen LogP contribution in [0.5, 0.6) is 0 Å². The summed E-state index contributed by atoms with van der Waals surface area (Å²) >= 11 is 1.39. The molecule has 1 atom stereocenters. The second kappa shape index (κ2) is 5.33. The molecular formula is C12H14FN3S. The summed E-state index contributed by atoms with van der Waals surface area (Å²) in [6, 6.07) is 5.08. The van der Waals surface area contributed by atoms with Gasteiger partial charge in [-0.15, -0.1) is 5.10 Å². The molecule has 1 aromatic carbocycles. The Hall–Kier alpha value is -1.33. The maximum Gasteiger partial charge on any atom is 0.123 e. The SMILES string of the molecule is CNC(Cc1ccc(F)cc1C)c1cnns1. The zero-order valence-corrected chi connectivity index (χ0v) is 10.6. The van der Waals surface area contributed by atoms with Crippen molar-refractivity contribution in [2.45, 2.75) is 19.4 Å². The van der Waals surface area contributed by atoms with Gasteiger partial charge in [0.05, 0.1) is 11.1 Å². The van der Waals surface area contributed by atoms with Crippen LogP contribution in [0.2, 0.25) is 0 Å². The molecule has 17 heavy (non-hydrogen) atoms. The van der Waals surface area contributed by atoms with Gasteiger partial charge >= 0.3 is 0 Å². The molecule has 0 aliphatic heterocycles. The predicted molar refractivity (Wildman–Crippen MR) is 66.6 cm³/mol. The molecule has 1 heterocycles. The van der Waals surface area contributed by atoms with Crippen molar-refractivity contribution >= 4 is 11.5 Å². The number of aryl methyl sites for hydroxylation is 1. The van der Waals surface area contributed by atoms with Crippen molar-refractivity contribution in [1.82, 2.24) is 14.9 Å². The first-order valence-electron chi connectivity index (χ1n) is 5.40. The minimum Gasteiger partial charge on any atom is -0.312 e. The Labute approximate surface area is 104 Å². The smallest absolute Gasteiger partial charge is 0.123 e. The van der Waals surface area contributed by atoms with Crippen LogP contribution in [0.25, 0.3) is 0 Å². The van der Waals surface area contributed by atoms with Crippen molar-refractivity contribution < 1.29 is 4.39 Å². The lowest BCUT2D eigenvalue weighted by Crippen LogP contribution is -2.18. The second-order valence-corrected chi connectivity index (χ2v) is 4.75. The van der Waals surface area contributed by atoms with Gasteiger partial charge in [0.15, 0.2) is 0 Å². The normalized spacial score (nSPS) is 12.6. The van der Waals surface area contributed by atoms with Crippen LogP contribution < -0.4 is 5.32 Å². The molecule has 2 aromatic rings. The monoisotopic (exact) mass is 251 g/mol. The molecule has 0 aliphatic rings. The van der Waals surface area contributed by atoms with E-state index in [0.29, 0.717) is 0 Å². The molecule has 0 saturated heterocycles. The molecule has 0 aliphatic carbocycles. The molecule has 3 nitrogen and oxygen atoms in total. The Morgan fingerprint density at radius 2 is 2.29 bits per heavy atom. The van der Waals surface area contributed by atoms with Gasteiger partial charge in [-0.1, -0.05) is 10.6 Å². The van der Waals surface area contributed by atoms with Crippen molar-refractivity contribution in [3.63, 3.8) is 0 Å². The summed E-state index contributed by atoms with van der Waals surface area (Å²) in [5.74, 6) is -0.188. The van der Waals surface area contributed by atoms with E-state index < -0.39 is 0 Å². The number of aromatic nitrogens is 2. The first kappa shape index (κ1) is 12.1. The lowest BCUT2D eigenvalue weighted by Gasteiger charge is -2.15. The minimum atomic E-state index is -0.188. The van der Waals surface area contributed by atoms with Crippen molar-refractivity contribution in [3.8, 4) is 0 Å².